The van der Waals surface area contributed by atoms with Gasteiger partial charge in [0.1, 0.15) is 5.82 Å². The zero-order chi connectivity index (χ0) is 21.4. The molecule has 0 saturated carbocycles. The van der Waals surface area contributed by atoms with Crippen LogP contribution in [0, 0.1) is 6.92 Å². The van der Waals surface area contributed by atoms with Gasteiger partial charge in [0.15, 0.2) is 0 Å². The maximum absolute atomic E-state index is 6.27. The fourth-order valence-electron chi connectivity index (χ4n) is 3.95. The van der Waals surface area contributed by atoms with Crippen LogP contribution in [0.2, 0.25) is 0 Å². The first-order valence-corrected chi connectivity index (χ1v) is 11.4. The Morgan fingerprint density at radius 3 is 2.81 bits per heavy atom. The van der Waals surface area contributed by atoms with Crippen molar-refractivity contribution in [3.05, 3.63) is 66.1 Å². The van der Waals surface area contributed by atoms with E-state index in [2.05, 4.69) is 81.0 Å². The van der Waals surface area contributed by atoms with Gasteiger partial charge >= 0.3 is 0 Å². The molecule has 156 valence electrons. The van der Waals surface area contributed by atoms with Crippen LogP contribution in [-0.4, -0.2) is 32.7 Å². The second-order valence-corrected chi connectivity index (χ2v) is 8.53. The third kappa shape index (κ3) is 3.84. The number of fused-ring (bicyclic) bond motifs is 2. The third-order valence-electron chi connectivity index (χ3n) is 5.54. The number of benzene rings is 2. The number of hydrogen-bond donors (Lipinski definition) is 4. The summed E-state index contributed by atoms with van der Waals surface area (Å²) in [4.78, 5) is 16.9. The number of nitrogen functional groups attached to an aromatic ring is 1. The van der Waals surface area contributed by atoms with Gasteiger partial charge in [-0.05, 0) is 67.1 Å². The first kappa shape index (κ1) is 19.5. The van der Waals surface area contributed by atoms with Crippen molar-refractivity contribution < 1.29 is 0 Å². The van der Waals surface area contributed by atoms with Crippen molar-refractivity contribution in [2.24, 2.45) is 0 Å². The standard InChI is InChI=1S/C24H24N6S/c1-14-9-17-10-15(3-5-21(17)29-14)20-13-28-24(30-23(20)25)26-8-7-16-12-27-22-6-4-18(31-2)11-19(16)22/h3-6,9-13,27,29H,7-8H2,1-2H3,(H3,25,26,28,30). The highest BCUT2D eigenvalue weighted by molar-refractivity contribution is 7.98. The summed E-state index contributed by atoms with van der Waals surface area (Å²) in [6, 6.07) is 14.8. The van der Waals surface area contributed by atoms with Gasteiger partial charge in [-0.1, -0.05) is 6.07 Å². The summed E-state index contributed by atoms with van der Waals surface area (Å²) in [5.74, 6) is 1.02. The summed E-state index contributed by atoms with van der Waals surface area (Å²) in [6.45, 7) is 2.78. The lowest BCUT2D eigenvalue weighted by Gasteiger charge is -2.09. The van der Waals surface area contributed by atoms with E-state index in [0.717, 1.165) is 46.2 Å². The van der Waals surface area contributed by atoms with Gasteiger partial charge in [-0.2, -0.15) is 4.98 Å². The second-order valence-electron chi connectivity index (χ2n) is 7.65. The second kappa shape index (κ2) is 8.00. The Bertz CT molecular complexity index is 1380. The normalized spacial score (nSPS) is 11.4. The van der Waals surface area contributed by atoms with Crippen molar-refractivity contribution in [1.29, 1.82) is 0 Å². The van der Waals surface area contributed by atoms with E-state index in [9.17, 15) is 0 Å². The molecule has 0 saturated heterocycles. The molecule has 0 aliphatic heterocycles. The van der Waals surface area contributed by atoms with E-state index in [1.54, 1.807) is 18.0 Å². The summed E-state index contributed by atoms with van der Waals surface area (Å²) in [5, 5.41) is 5.72. The maximum Gasteiger partial charge on any atom is 0.224 e. The number of anilines is 2. The third-order valence-corrected chi connectivity index (χ3v) is 6.26. The molecule has 0 aliphatic rings. The molecule has 0 fully saturated rings. The minimum absolute atomic E-state index is 0.473. The van der Waals surface area contributed by atoms with Crippen molar-refractivity contribution in [2.45, 2.75) is 18.2 Å². The minimum atomic E-state index is 0.473. The number of aromatic nitrogens is 4. The van der Waals surface area contributed by atoms with Gasteiger partial charge in [-0.25, -0.2) is 4.98 Å². The molecule has 7 heteroatoms. The highest BCUT2D eigenvalue weighted by Crippen LogP contribution is 2.28. The number of aromatic amines is 2. The topological polar surface area (TPSA) is 95.4 Å². The van der Waals surface area contributed by atoms with Gasteiger partial charge < -0.3 is 21.0 Å². The quantitative estimate of drug-likeness (QED) is 0.273. The molecule has 0 atom stereocenters. The minimum Gasteiger partial charge on any atom is -0.383 e. The first-order chi connectivity index (χ1) is 15.1. The zero-order valence-corrected chi connectivity index (χ0v) is 18.3. The summed E-state index contributed by atoms with van der Waals surface area (Å²) >= 11 is 1.75. The van der Waals surface area contributed by atoms with Crippen molar-refractivity contribution in [1.82, 2.24) is 19.9 Å². The summed E-state index contributed by atoms with van der Waals surface area (Å²) in [5.41, 5.74) is 12.8. The molecular weight excluding hydrogens is 404 g/mol. The average molecular weight is 429 g/mol. The smallest absolute Gasteiger partial charge is 0.224 e. The molecule has 5 rings (SSSR count). The molecular formula is C24H24N6S. The Kier molecular flexibility index (Phi) is 5.03. The number of rotatable bonds is 6. The Hall–Kier alpha value is -3.45. The van der Waals surface area contributed by atoms with E-state index in [1.807, 2.05) is 6.07 Å². The van der Waals surface area contributed by atoms with Crippen LogP contribution in [-0.2, 0) is 6.42 Å². The van der Waals surface area contributed by atoms with Crippen LogP contribution in [0.5, 0.6) is 0 Å². The fourth-order valence-corrected chi connectivity index (χ4v) is 4.39. The molecule has 6 nitrogen and oxygen atoms in total. The Morgan fingerprint density at radius 1 is 1.10 bits per heavy atom. The Balaban J connectivity index is 1.30. The highest BCUT2D eigenvalue weighted by atomic mass is 32.2. The molecule has 0 amide bonds. The fraction of sp³-hybridized carbons (Fsp3) is 0.167. The largest absolute Gasteiger partial charge is 0.383 e. The van der Waals surface area contributed by atoms with Crippen LogP contribution in [0.25, 0.3) is 32.9 Å². The molecule has 5 N–H and O–H groups in total. The van der Waals surface area contributed by atoms with Crippen LogP contribution >= 0.6 is 11.8 Å². The summed E-state index contributed by atoms with van der Waals surface area (Å²) in [6.07, 6.45) is 6.83. The predicted molar refractivity (Wildman–Crippen MR) is 131 cm³/mol. The van der Waals surface area contributed by atoms with Crippen LogP contribution < -0.4 is 11.1 Å². The molecule has 5 aromatic rings. The van der Waals surface area contributed by atoms with Gasteiger partial charge in [0.2, 0.25) is 5.95 Å². The number of hydrogen-bond acceptors (Lipinski definition) is 5. The van der Waals surface area contributed by atoms with Crippen molar-refractivity contribution in [3.63, 3.8) is 0 Å². The monoisotopic (exact) mass is 428 g/mol. The van der Waals surface area contributed by atoms with Crippen molar-refractivity contribution >= 4 is 45.3 Å². The van der Waals surface area contributed by atoms with E-state index < -0.39 is 0 Å². The lowest BCUT2D eigenvalue weighted by molar-refractivity contribution is 0.992. The Labute approximate surface area is 184 Å². The van der Waals surface area contributed by atoms with Gasteiger partial charge in [0.25, 0.3) is 0 Å². The molecule has 3 heterocycles. The van der Waals surface area contributed by atoms with E-state index in [0.29, 0.717) is 11.8 Å². The molecule has 31 heavy (non-hydrogen) atoms. The predicted octanol–water partition coefficient (Wildman–Crippen LogP) is 5.37. The first-order valence-electron chi connectivity index (χ1n) is 10.2. The van der Waals surface area contributed by atoms with E-state index in [4.69, 9.17) is 5.73 Å². The van der Waals surface area contributed by atoms with Crippen LogP contribution in [0.3, 0.4) is 0 Å². The van der Waals surface area contributed by atoms with Gasteiger partial charge in [-0.15, -0.1) is 11.8 Å². The van der Waals surface area contributed by atoms with Gasteiger partial charge in [0.05, 0.1) is 0 Å². The van der Waals surface area contributed by atoms with Crippen LogP contribution in [0.15, 0.2) is 59.8 Å². The molecule has 2 aromatic carbocycles. The number of H-pyrrole nitrogens is 2. The Morgan fingerprint density at radius 2 is 1.97 bits per heavy atom. The number of nitrogens with two attached hydrogens (primary N) is 1. The van der Waals surface area contributed by atoms with Gasteiger partial charge in [-0.3, -0.25) is 0 Å². The number of nitrogens with zero attached hydrogens (tertiary/aromatic N) is 2. The van der Waals surface area contributed by atoms with Gasteiger partial charge in [0, 0.05) is 56.9 Å². The van der Waals surface area contributed by atoms with Crippen LogP contribution in [0.4, 0.5) is 11.8 Å². The lowest BCUT2D eigenvalue weighted by Crippen LogP contribution is -2.09. The van der Waals surface area contributed by atoms with E-state index in [-0.39, 0.29) is 0 Å². The van der Waals surface area contributed by atoms with Crippen molar-refractivity contribution in [2.75, 3.05) is 23.9 Å². The molecule has 0 spiro atoms. The highest BCUT2D eigenvalue weighted by Gasteiger charge is 2.09. The summed E-state index contributed by atoms with van der Waals surface area (Å²) < 4.78 is 0. The molecule has 0 radical (unpaired) electrons. The van der Waals surface area contributed by atoms with Crippen LogP contribution in [0.1, 0.15) is 11.3 Å². The average Bonchev–Trinajstić information content (AvgIpc) is 3.35. The van der Waals surface area contributed by atoms with Crippen molar-refractivity contribution in [3.8, 4) is 11.1 Å². The molecule has 3 aromatic heterocycles. The van der Waals surface area contributed by atoms with E-state index in [1.165, 1.54) is 15.8 Å². The maximum atomic E-state index is 6.27. The number of thioether (sulfide) groups is 1. The summed E-state index contributed by atoms with van der Waals surface area (Å²) in [7, 11) is 0. The molecule has 0 unspecified atom stereocenters. The zero-order valence-electron chi connectivity index (χ0n) is 17.5. The number of aryl methyl sites for hydroxylation is 1. The molecule has 0 bridgehead atoms. The number of nitrogens with one attached hydrogen (secondary N) is 3. The lowest BCUT2D eigenvalue weighted by atomic mass is 10.1. The SMILES string of the molecule is CSc1ccc2[nH]cc(CCNc3ncc(-c4ccc5[nH]c(C)cc5c4)c(N)n3)c2c1. The van der Waals surface area contributed by atoms with E-state index >= 15 is 0 Å². The molecule has 0 aliphatic carbocycles.